The quantitative estimate of drug-likeness (QED) is 0.145. The van der Waals surface area contributed by atoms with Crippen LogP contribution in [0.1, 0.15) is 0 Å². The van der Waals surface area contributed by atoms with Crippen molar-refractivity contribution in [3.05, 3.63) is 267 Å². The van der Waals surface area contributed by atoms with Gasteiger partial charge in [0.1, 0.15) is 22.3 Å². The summed E-state index contributed by atoms with van der Waals surface area (Å²) >= 11 is 0. The minimum absolute atomic E-state index is 0.508. The normalized spacial score (nSPS) is 12.0. The molecule has 0 unspecified atom stereocenters. The van der Waals surface area contributed by atoms with Crippen LogP contribution in [0.2, 0.25) is 0 Å². The highest BCUT2D eigenvalue weighted by Crippen LogP contribution is 2.45. The number of benzene rings is 14. The Balaban J connectivity index is 0.849. The molecule has 0 saturated carbocycles. The molecule has 4 aromatic heterocycles. The van der Waals surface area contributed by atoms with Gasteiger partial charge in [0.15, 0.2) is 34.9 Å². The molecule has 0 N–H and O–H groups in total. The van der Waals surface area contributed by atoms with E-state index < -0.39 is 0 Å². The lowest BCUT2D eigenvalue weighted by Crippen LogP contribution is -2.01. The minimum atomic E-state index is 0.508. The number of hydrogen-bond donors (Lipinski definition) is 0. The van der Waals surface area contributed by atoms with E-state index in [0.717, 1.165) is 126 Å². The first-order chi connectivity index (χ1) is 42.6. The van der Waals surface area contributed by atoms with Gasteiger partial charge in [0.2, 0.25) is 0 Å². The summed E-state index contributed by atoms with van der Waals surface area (Å²) in [7, 11) is 0. The summed E-state index contributed by atoms with van der Waals surface area (Å²) in [5, 5.41) is 17.6. The maximum Gasteiger partial charge on any atom is 0.167 e. The fourth-order valence-corrected chi connectivity index (χ4v) is 13.1. The number of nitrogens with zero attached hydrogens (tertiary/aromatic N) is 6. The lowest BCUT2D eigenvalue weighted by atomic mass is 9.89. The molecular formula is C78H44N6O2. The second-order valence-electron chi connectivity index (χ2n) is 22.0. The third kappa shape index (κ3) is 7.56. The zero-order valence-corrected chi connectivity index (χ0v) is 45.9. The first kappa shape index (κ1) is 47.9. The maximum atomic E-state index is 6.93. The highest BCUT2D eigenvalue weighted by Gasteiger charge is 2.24. The Morgan fingerprint density at radius 1 is 0.186 bits per heavy atom. The van der Waals surface area contributed by atoms with Crippen LogP contribution in [-0.2, 0) is 0 Å². The fraction of sp³-hybridized carbons (Fsp3) is 0. The van der Waals surface area contributed by atoms with Gasteiger partial charge in [0.25, 0.3) is 0 Å². The lowest BCUT2D eigenvalue weighted by Gasteiger charge is -2.16. The molecule has 8 heteroatoms. The van der Waals surface area contributed by atoms with Crippen LogP contribution < -0.4 is 0 Å². The van der Waals surface area contributed by atoms with E-state index in [1.807, 2.05) is 91.0 Å². The SMILES string of the molecule is c1ccc(-c2nc(-c3ccc4oc5ccccc5c4c3)nc(-c3cccc4c3ccc3c5ccccc5c(-c5cc(-c6nc(-c7ccccc7)nc(-c7cccc8c7ccc7c9ccccc9ccc87)n6)c6oc7ccccc7c6c5)cc43)n2)cc1. The maximum absolute atomic E-state index is 6.93. The molecule has 0 fully saturated rings. The Labute approximate surface area is 491 Å². The van der Waals surface area contributed by atoms with Gasteiger partial charge in [0, 0.05) is 49.4 Å². The molecule has 86 heavy (non-hydrogen) atoms. The van der Waals surface area contributed by atoms with Gasteiger partial charge < -0.3 is 8.83 Å². The van der Waals surface area contributed by atoms with Crippen molar-refractivity contribution in [2.75, 3.05) is 0 Å². The summed E-state index contributed by atoms with van der Waals surface area (Å²) in [6.45, 7) is 0. The second kappa shape index (κ2) is 18.9. The molecular weight excluding hydrogens is 1050 g/mol. The van der Waals surface area contributed by atoms with Gasteiger partial charge in [-0.05, 0) is 124 Å². The molecule has 4 heterocycles. The summed E-state index contributed by atoms with van der Waals surface area (Å²) < 4.78 is 13.2. The molecule has 0 aliphatic heterocycles. The molecule has 14 aromatic carbocycles. The van der Waals surface area contributed by atoms with E-state index in [-0.39, 0.29) is 0 Å². The molecule has 0 radical (unpaired) electrons. The van der Waals surface area contributed by atoms with Crippen molar-refractivity contribution in [2.45, 2.75) is 0 Å². The van der Waals surface area contributed by atoms with Gasteiger partial charge in [-0.2, -0.15) is 0 Å². The van der Waals surface area contributed by atoms with Crippen LogP contribution in [0.3, 0.4) is 0 Å². The number of hydrogen-bond acceptors (Lipinski definition) is 8. The fourth-order valence-electron chi connectivity index (χ4n) is 13.1. The zero-order valence-electron chi connectivity index (χ0n) is 45.9. The van der Waals surface area contributed by atoms with Crippen molar-refractivity contribution in [1.29, 1.82) is 0 Å². The van der Waals surface area contributed by atoms with E-state index in [9.17, 15) is 0 Å². The molecule has 0 spiro atoms. The van der Waals surface area contributed by atoms with Gasteiger partial charge in [0.05, 0.1) is 5.56 Å². The smallest absolute Gasteiger partial charge is 0.167 e. The van der Waals surface area contributed by atoms with Crippen LogP contribution in [0.25, 0.3) is 188 Å². The summed E-state index contributed by atoms with van der Waals surface area (Å²) in [4.78, 5) is 31.9. The first-order valence-corrected chi connectivity index (χ1v) is 28.8. The Bertz CT molecular complexity index is 5860. The van der Waals surface area contributed by atoms with Crippen molar-refractivity contribution < 1.29 is 8.83 Å². The van der Waals surface area contributed by atoms with Crippen LogP contribution in [0.15, 0.2) is 276 Å². The molecule has 0 saturated heterocycles. The summed E-state index contributed by atoms with van der Waals surface area (Å²) in [5.41, 5.74) is 10.4. The Hall–Kier alpha value is -11.7. The number of aromatic nitrogens is 6. The van der Waals surface area contributed by atoms with Crippen molar-refractivity contribution in [1.82, 2.24) is 29.9 Å². The molecule has 18 rings (SSSR count). The molecule has 398 valence electrons. The minimum Gasteiger partial charge on any atom is -0.456 e. The van der Waals surface area contributed by atoms with E-state index in [4.69, 9.17) is 38.7 Å². The molecule has 0 bridgehead atoms. The van der Waals surface area contributed by atoms with Gasteiger partial charge in [-0.25, -0.2) is 29.9 Å². The van der Waals surface area contributed by atoms with Gasteiger partial charge in [-0.3, -0.25) is 0 Å². The average molecular weight is 1100 g/mol. The predicted octanol–water partition coefficient (Wildman–Crippen LogP) is 20.4. The first-order valence-electron chi connectivity index (χ1n) is 28.8. The number of furan rings is 2. The van der Waals surface area contributed by atoms with E-state index >= 15 is 0 Å². The van der Waals surface area contributed by atoms with Crippen LogP contribution >= 0.6 is 0 Å². The van der Waals surface area contributed by atoms with Gasteiger partial charge in [-0.15, -0.1) is 0 Å². The predicted molar refractivity (Wildman–Crippen MR) is 351 cm³/mol. The molecule has 0 aliphatic rings. The molecule has 18 aromatic rings. The van der Waals surface area contributed by atoms with E-state index in [1.165, 1.54) is 21.5 Å². The summed E-state index contributed by atoms with van der Waals surface area (Å²) in [5.74, 6) is 3.39. The largest absolute Gasteiger partial charge is 0.456 e. The van der Waals surface area contributed by atoms with Crippen LogP contribution in [0.5, 0.6) is 0 Å². The van der Waals surface area contributed by atoms with Crippen molar-refractivity contribution in [3.8, 4) is 79.5 Å². The number of para-hydroxylation sites is 2. The van der Waals surface area contributed by atoms with Crippen molar-refractivity contribution >= 4 is 109 Å². The molecule has 0 amide bonds. The van der Waals surface area contributed by atoms with Crippen LogP contribution in [0.4, 0.5) is 0 Å². The zero-order chi connectivity index (χ0) is 56.4. The van der Waals surface area contributed by atoms with Crippen LogP contribution in [-0.4, -0.2) is 29.9 Å². The summed E-state index contributed by atoms with van der Waals surface area (Å²) in [6, 6.07) is 93.2. The Morgan fingerprint density at radius 2 is 0.605 bits per heavy atom. The van der Waals surface area contributed by atoms with Crippen molar-refractivity contribution in [2.24, 2.45) is 0 Å². The Morgan fingerprint density at radius 3 is 1.28 bits per heavy atom. The highest BCUT2D eigenvalue weighted by molar-refractivity contribution is 6.24. The van der Waals surface area contributed by atoms with E-state index in [1.54, 1.807) is 0 Å². The topological polar surface area (TPSA) is 104 Å². The van der Waals surface area contributed by atoms with Crippen molar-refractivity contribution in [3.63, 3.8) is 0 Å². The third-order valence-corrected chi connectivity index (χ3v) is 17.2. The number of rotatable bonds is 7. The highest BCUT2D eigenvalue weighted by atomic mass is 16.3. The van der Waals surface area contributed by atoms with Gasteiger partial charge >= 0.3 is 0 Å². The molecule has 0 atom stereocenters. The van der Waals surface area contributed by atoms with Crippen LogP contribution in [0, 0.1) is 0 Å². The monoisotopic (exact) mass is 1100 g/mol. The van der Waals surface area contributed by atoms with E-state index in [2.05, 4.69) is 176 Å². The third-order valence-electron chi connectivity index (χ3n) is 17.2. The van der Waals surface area contributed by atoms with Gasteiger partial charge in [-0.1, -0.05) is 218 Å². The van der Waals surface area contributed by atoms with E-state index in [0.29, 0.717) is 40.5 Å². The summed E-state index contributed by atoms with van der Waals surface area (Å²) in [6.07, 6.45) is 0. The standard InChI is InChI=1S/C78H44N6O2/c1-3-18-46(19-4-1)73-79-75(48-34-40-71-66(41-48)60-25-11-13-31-69(60)85-71)83-76(80-73)63-30-16-28-54-58(63)38-39-59-51-23-9-10-24-53(51)64(44-65(54)59)49-42-67-61-26-12-14-32-70(61)86-72(67)68(43-49)78-82-74(47-20-5-2-6-21-47)81-77(84-78)62-29-15-27-52-56-35-33-45-17-7-8-22-50(45)55(56)36-37-57(52)62/h1-44H. The second-order valence-corrected chi connectivity index (χ2v) is 22.0. The lowest BCUT2D eigenvalue weighted by molar-refractivity contribution is 0.669. The molecule has 0 aliphatic carbocycles. The average Bonchev–Trinajstić information content (AvgIpc) is 2.22. The number of fused-ring (bicyclic) bond motifs is 16. The molecule has 8 nitrogen and oxygen atoms in total. The Kier molecular flexibility index (Phi) is 10.5.